The molecule has 1 aliphatic heterocycles. The van der Waals surface area contributed by atoms with E-state index in [2.05, 4.69) is 21.7 Å². The van der Waals surface area contributed by atoms with Crippen LogP contribution in [0.5, 0.6) is 0 Å². The minimum absolute atomic E-state index is 0.222. The predicted molar refractivity (Wildman–Crippen MR) is 115 cm³/mol. The number of nitrogens with zero attached hydrogens (tertiary/aromatic N) is 3. The lowest BCUT2D eigenvalue weighted by molar-refractivity contribution is 0.255. The predicted octanol–water partition coefficient (Wildman–Crippen LogP) is 4.71. The quantitative estimate of drug-likeness (QED) is 0.627. The molecular weight excluding hydrogens is 382 g/mol. The summed E-state index contributed by atoms with van der Waals surface area (Å²) in [5.74, 6) is 0.823. The number of aryl methyl sites for hydroxylation is 3. The number of hydrogen-bond donors (Lipinski definition) is 0. The lowest BCUT2D eigenvalue weighted by Crippen LogP contribution is -2.39. The molecule has 0 saturated carbocycles. The molecule has 0 N–H and O–H groups in total. The van der Waals surface area contributed by atoms with Crippen LogP contribution in [0.15, 0.2) is 59.6 Å². The van der Waals surface area contributed by atoms with E-state index < -0.39 is 10.0 Å². The third kappa shape index (κ3) is 3.63. The number of hydrogen-bond acceptors (Lipinski definition) is 3. The van der Waals surface area contributed by atoms with Crippen molar-refractivity contribution in [3.63, 3.8) is 0 Å². The van der Waals surface area contributed by atoms with Gasteiger partial charge in [-0.15, -0.1) is 0 Å². The van der Waals surface area contributed by atoms with Gasteiger partial charge in [-0.1, -0.05) is 30.2 Å². The van der Waals surface area contributed by atoms with Crippen LogP contribution in [0.25, 0.3) is 5.82 Å². The maximum atomic E-state index is 13.5. The van der Waals surface area contributed by atoms with Crippen molar-refractivity contribution in [2.45, 2.75) is 51.0 Å². The van der Waals surface area contributed by atoms with Crippen LogP contribution in [-0.4, -0.2) is 28.8 Å². The van der Waals surface area contributed by atoms with Crippen molar-refractivity contribution in [1.29, 1.82) is 0 Å². The standard InChI is InChI=1S/C23H27N3O2S/c1-17-9-13-20(14-10-17)29(27,28)25-16-5-4-8-22(25)21-7-6-15-24-23(21)26-18(2)11-12-19(26)3/h6-7,9-15,22H,4-5,8,16H2,1-3H3. The molecule has 2 aromatic heterocycles. The van der Waals surface area contributed by atoms with E-state index in [0.29, 0.717) is 11.4 Å². The third-order valence-corrected chi connectivity index (χ3v) is 7.66. The average molecular weight is 410 g/mol. The number of benzene rings is 1. The third-order valence-electron chi connectivity index (χ3n) is 5.74. The Kier molecular flexibility index (Phi) is 5.32. The van der Waals surface area contributed by atoms with E-state index in [9.17, 15) is 8.42 Å². The highest BCUT2D eigenvalue weighted by Crippen LogP contribution is 2.38. The summed E-state index contributed by atoms with van der Waals surface area (Å²) in [5.41, 5.74) is 4.19. The van der Waals surface area contributed by atoms with E-state index in [1.807, 2.05) is 45.0 Å². The zero-order valence-corrected chi connectivity index (χ0v) is 18.0. The second-order valence-corrected chi connectivity index (χ2v) is 9.70. The Morgan fingerprint density at radius 3 is 2.31 bits per heavy atom. The molecule has 1 saturated heterocycles. The van der Waals surface area contributed by atoms with E-state index >= 15 is 0 Å². The van der Waals surface area contributed by atoms with Gasteiger partial charge in [-0.25, -0.2) is 13.4 Å². The van der Waals surface area contributed by atoms with Gasteiger partial charge in [0, 0.05) is 29.7 Å². The molecule has 0 aliphatic carbocycles. The fraction of sp³-hybridized carbons (Fsp3) is 0.348. The Morgan fingerprint density at radius 1 is 0.931 bits per heavy atom. The normalized spacial score (nSPS) is 18.1. The highest BCUT2D eigenvalue weighted by molar-refractivity contribution is 7.89. The van der Waals surface area contributed by atoms with Crippen molar-refractivity contribution >= 4 is 10.0 Å². The summed E-state index contributed by atoms with van der Waals surface area (Å²) in [6.45, 7) is 6.59. The Hall–Kier alpha value is -2.44. The van der Waals surface area contributed by atoms with Gasteiger partial charge in [0.2, 0.25) is 10.0 Å². The smallest absolute Gasteiger partial charge is 0.243 e. The monoisotopic (exact) mass is 409 g/mol. The molecule has 0 radical (unpaired) electrons. The van der Waals surface area contributed by atoms with E-state index in [4.69, 9.17) is 0 Å². The van der Waals surface area contributed by atoms with Gasteiger partial charge in [0.15, 0.2) is 0 Å². The van der Waals surface area contributed by atoms with Crippen LogP contribution >= 0.6 is 0 Å². The number of aromatic nitrogens is 2. The van der Waals surface area contributed by atoms with E-state index in [1.165, 1.54) is 0 Å². The molecule has 1 aliphatic rings. The molecule has 29 heavy (non-hydrogen) atoms. The van der Waals surface area contributed by atoms with Crippen LogP contribution in [0.3, 0.4) is 0 Å². The summed E-state index contributed by atoms with van der Waals surface area (Å²) in [7, 11) is -3.59. The first-order valence-corrected chi connectivity index (χ1v) is 11.5. The van der Waals surface area contributed by atoms with Crippen molar-refractivity contribution in [3.05, 3.63) is 77.2 Å². The van der Waals surface area contributed by atoms with Crippen molar-refractivity contribution < 1.29 is 8.42 Å². The van der Waals surface area contributed by atoms with Crippen LogP contribution in [-0.2, 0) is 10.0 Å². The van der Waals surface area contributed by atoms with Gasteiger partial charge in [-0.05, 0) is 63.9 Å². The van der Waals surface area contributed by atoms with Gasteiger partial charge in [-0.3, -0.25) is 0 Å². The summed E-state index contributed by atoms with van der Waals surface area (Å²) >= 11 is 0. The Balaban J connectivity index is 1.81. The zero-order chi connectivity index (χ0) is 20.6. The first kappa shape index (κ1) is 19.9. The minimum Gasteiger partial charge on any atom is -0.303 e. The van der Waals surface area contributed by atoms with Crippen LogP contribution in [0.2, 0.25) is 0 Å². The van der Waals surface area contributed by atoms with Crippen molar-refractivity contribution in [3.8, 4) is 5.82 Å². The maximum Gasteiger partial charge on any atom is 0.243 e. The first-order chi connectivity index (χ1) is 13.9. The fourth-order valence-electron chi connectivity index (χ4n) is 4.21. The molecule has 3 heterocycles. The molecule has 5 nitrogen and oxygen atoms in total. The molecule has 3 aromatic rings. The van der Waals surface area contributed by atoms with Crippen LogP contribution in [0.4, 0.5) is 0 Å². The molecule has 0 amide bonds. The second kappa shape index (κ2) is 7.76. The van der Waals surface area contributed by atoms with Crippen LogP contribution in [0.1, 0.15) is 47.8 Å². The van der Waals surface area contributed by atoms with E-state index in [0.717, 1.165) is 47.6 Å². The van der Waals surface area contributed by atoms with Gasteiger partial charge in [0.05, 0.1) is 10.9 Å². The Labute approximate surface area is 173 Å². The molecular formula is C23H27N3O2S. The Bertz CT molecular complexity index is 1100. The summed E-state index contributed by atoms with van der Waals surface area (Å²) in [4.78, 5) is 5.02. The number of pyridine rings is 1. The van der Waals surface area contributed by atoms with E-state index in [1.54, 1.807) is 22.6 Å². The first-order valence-electron chi connectivity index (χ1n) is 10.1. The van der Waals surface area contributed by atoms with Crippen molar-refractivity contribution in [2.75, 3.05) is 6.54 Å². The molecule has 0 spiro atoms. The SMILES string of the molecule is Cc1ccc(S(=O)(=O)N2CCCCC2c2cccnc2-n2c(C)ccc2C)cc1. The average Bonchev–Trinajstić information content (AvgIpc) is 3.06. The largest absolute Gasteiger partial charge is 0.303 e. The lowest BCUT2D eigenvalue weighted by atomic mass is 9.98. The summed E-state index contributed by atoms with van der Waals surface area (Å²) in [6.07, 6.45) is 4.45. The molecule has 1 atom stereocenters. The molecule has 6 heteroatoms. The van der Waals surface area contributed by atoms with Gasteiger partial charge in [0.1, 0.15) is 5.82 Å². The highest BCUT2D eigenvalue weighted by Gasteiger charge is 2.36. The fourth-order valence-corrected chi connectivity index (χ4v) is 5.88. The van der Waals surface area contributed by atoms with Gasteiger partial charge in [0.25, 0.3) is 0 Å². The van der Waals surface area contributed by atoms with Crippen LogP contribution < -0.4 is 0 Å². The maximum absolute atomic E-state index is 13.5. The molecule has 0 bridgehead atoms. The highest BCUT2D eigenvalue weighted by atomic mass is 32.2. The van der Waals surface area contributed by atoms with E-state index in [-0.39, 0.29) is 6.04 Å². The minimum atomic E-state index is -3.59. The molecule has 152 valence electrons. The molecule has 1 aromatic carbocycles. The van der Waals surface area contributed by atoms with Gasteiger partial charge in [-0.2, -0.15) is 4.31 Å². The zero-order valence-electron chi connectivity index (χ0n) is 17.2. The summed E-state index contributed by atoms with van der Waals surface area (Å²) in [6, 6.07) is 15.0. The summed E-state index contributed by atoms with van der Waals surface area (Å²) in [5, 5.41) is 0. The van der Waals surface area contributed by atoms with Gasteiger partial charge < -0.3 is 4.57 Å². The van der Waals surface area contributed by atoms with Crippen molar-refractivity contribution in [2.24, 2.45) is 0 Å². The van der Waals surface area contributed by atoms with Crippen LogP contribution in [0, 0.1) is 20.8 Å². The topological polar surface area (TPSA) is 55.2 Å². The Morgan fingerprint density at radius 2 is 1.62 bits per heavy atom. The van der Waals surface area contributed by atoms with Gasteiger partial charge >= 0.3 is 0 Å². The number of piperidine rings is 1. The lowest BCUT2D eigenvalue weighted by Gasteiger charge is -2.35. The molecule has 1 fully saturated rings. The number of rotatable bonds is 4. The van der Waals surface area contributed by atoms with Crippen molar-refractivity contribution in [1.82, 2.24) is 13.9 Å². The molecule has 1 unspecified atom stereocenters. The second-order valence-electron chi connectivity index (χ2n) is 7.81. The molecule has 4 rings (SSSR count). The number of sulfonamides is 1. The summed E-state index contributed by atoms with van der Waals surface area (Å²) < 4.78 is 30.8.